The van der Waals surface area contributed by atoms with Crippen molar-refractivity contribution in [3.05, 3.63) is 23.8 Å². The lowest BCUT2D eigenvalue weighted by Crippen LogP contribution is -2.25. The zero-order valence-electron chi connectivity index (χ0n) is 9.95. The van der Waals surface area contributed by atoms with Crippen LogP contribution in [0.15, 0.2) is 18.2 Å². The standard InChI is InChI=1S/C13H19NO2/c1-10(2)14-6-5-11-3-4-12-13(9-11)16-8-7-15-12/h3-4,9-10,14H,5-8H2,1-2H3. The van der Waals surface area contributed by atoms with Crippen LogP contribution in [-0.2, 0) is 6.42 Å². The van der Waals surface area contributed by atoms with Crippen molar-refractivity contribution in [2.75, 3.05) is 19.8 Å². The summed E-state index contributed by atoms with van der Waals surface area (Å²) in [5.41, 5.74) is 1.29. The highest BCUT2D eigenvalue weighted by Gasteiger charge is 2.11. The van der Waals surface area contributed by atoms with Gasteiger partial charge in [-0.05, 0) is 30.7 Å². The summed E-state index contributed by atoms with van der Waals surface area (Å²) in [7, 11) is 0. The van der Waals surface area contributed by atoms with Gasteiger partial charge in [0.25, 0.3) is 0 Å². The quantitative estimate of drug-likeness (QED) is 0.843. The minimum Gasteiger partial charge on any atom is -0.486 e. The molecule has 0 atom stereocenters. The Morgan fingerprint density at radius 2 is 1.94 bits per heavy atom. The maximum atomic E-state index is 5.55. The monoisotopic (exact) mass is 221 g/mol. The Balaban J connectivity index is 1.95. The van der Waals surface area contributed by atoms with Gasteiger partial charge in [0.2, 0.25) is 0 Å². The molecule has 1 aromatic rings. The van der Waals surface area contributed by atoms with Gasteiger partial charge in [0.1, 0.15) is 13.2 Å². The summed E-state index contributed by atoms with van der Waals surface area (Å²) >= 11 is 0. The van der Waals surface area contributed by atoms with Gasteiger partial charge in [-0.1, -0.05) is 19.9 Å². The number of rotatable bonds is 4. The molecule has 16 heavy (non-hydrogen) atoms. The van der Waals surface area contributed by atoms with Crippen LogP contribution in [0.1, 0.15) is 19.4 Å². The molecule has 0 amide bonds. The van der Waals surface area contributed by atoms with E-state index in [9.17, 15) is 0 Å². The first-order valence-corrected chi connectivity index (χ1v) is 5.87. The first-order chi connectivity index (χ1) is 7.75. The molecule has 3 heteroatoms. The average molecular weight is 221 g/mol. The predicted molar refractivity (Wildman–Crippen MR) is 64.3 cm³/mol. The first-order valence-electron chi connectivity index (χ1n) is 5.87. The zero-order chi connectivity index (χ0) is 11.4. The van der Waals surface area contributed by atoms with Gasteiger partial charge in [-0.25, -0.2) is 0 Å². The largest absolute Gasteiger partial charge is 0.486 e. The van der Waals surface area contributed by atoms with E-state index in [4.69, 9.17) is 9.47 Å². The molecule has 0 bridgehead atoms. The minimum atomic E-state index is 0.539. The van der Waals surface area contributed by atoms with E-state index in [1.165, 1.54) is 5.56 Å². The number of ether oxygens (including phenoxy) is 2. The van der Waals surface area contributed by atoms with Crippen molar-refractivity contribution in [2.24, 2.45) is 0 Å². The van der Waals surface area contributed by atoms with E-state index < -0.39 is 0 Å². The normalized spacial score (nSPS) is 14.2. The summed E-state index contributed by atoms with van der Waals surface area (Å²) in [4.78, 5) is 0. The van der Waals surface area contributed by atoms with Crippen LogP contribution in [-0.4, -0.2) is 25.8 Å². The number of benzene rings is 1. The van der Waals surface area contributed by atoms with Crippen LogP contribution >= 0.6 is 0 Å². The summed E-state index contributed by atoms with van der Waals surface area (Å²) in [5.74, 6) is 1.75. The predicted octanol–water partition coefficient (Wildman–Crippen LogP) is 2.00. The second-order valence-corrected chi connectivity index (χ2v) is 4.34. The number of nitrogens with one attached hydrogen (secondary N) is 1. The number of fused-ring (bicyclic) bond motifs is 1. The van der Waals surface area contributed by atoms with E-state index in [1.54, 1.807) is 0 Å². The van der Waals surface area contributed by atoms with E-state index >= 15 is 0 Å². The zero-order valence-corrected chi connectivity index (χ0v) is 9.95. The van der Waals surface area contributed by atoms with Gasteiger partial charge in [-0.2, -0.15) is 0 Å². The molecule has 1 aliphatic heterocycles. The van der Waals surface area contributed by atoms with Crippen LogP contribution in [0, 0.1) is 0 Å². The number of hydrogen-bond donors (Lipinski definition) is 1. The van der Waals surface area contributed by atoms with Crippen molar-refractivity contribution in [3.63, 3.8) is 0 Å². The second kappa shape index (κ2) is 5.21. The van der Waals surface area contributed by atoms with E-state index in [-0.39, 0.29) is 0 Å². The molecule has 1 N–H and O–H groups in total. The van der Waals surface area contributed by atoms with Crippen molar-refractivity contribution < 1.29 is 9.47 Å². The fourth-order valence-electron chi connectivity index (χ4n) is 1.75. The van der Waals surface area contributed by atoms with Gasteiger partial charge in [0.05, 0.1) is 0 Å². The first kappa shape index (κ1) is 11.3. The fraction of sp³-hybridized carbons (Fsp3) is 0.538. The third-order valence-electron chi connectivity index (χ3n) is 2.57. The van der Waals surface area contributed by atoms with Crippen LogP contribution < -0.4 is 14.8 Å². The molecule has 1 heterocycles. The topological polar surface area (TPSA) is 30.5 Å². The van der Waals surface area contributed by atoms with Gasteiger partial charge in [0, 0.05) is 6.04 Å². The Morgan fingerprint density at radius 3 is 2.69 bits per heavy atom. The van der Waals surface area contributed by atoms with E-state index in [0.29, 0.717) is 19.3 Å². The summed E-state index contributed by atoms with van der Waals surface area (Å²) in [6, 6.07) is 6.72. The maximum absolute atomic E-state index is 5.55. The molecule has 0 aromatic heterocycles. The lowest BCUT2D eigenvalue weighted by atomic mass is 10.1. The molecule has 3 nitrogen and oxygen atoms in total. The third-order valence-corrected chi connectivity index (χ3v) is 2.57. The third kappa shape index (κ3) is 2.89. The Hall–Kier alpha value is -1.22. The molecule has 0 spiro atoms. The van der Waals surface area contributed by atoms with E-state index in [2.05, 4.69) is 31.3 Å². The molecule has 0 saturated heterocycles. The molecule has 1 aromatic carbocycles. The summed E-state index contributed by atoms with van der Waals surface area (Å²) < 4.78 is 11.0. The SMILES string of the molecule is CC(C)NCCc1ccc2c(c1)OCCO2. The van der Waals surface area contributed by atoms with Gasteiger partial charge < -0.3 is 14.8 Å². The van der Waals surface area contributed by atoms with Gasteiger partial charge >= 0.3 is 0 Å². The van der Waals surface area contributed by atoms with Crippen LogP contribution in [0.3, 0.4) is 0 Å². The van der Waals surface area contributed by atoms with Gasteiger partial charge in [-0.15, -0.1) is 0 Å². The lowest BCUT2D eigenvalue weighted by molar-refractivity contribution is 0.171. The highest BCUT2D eigenvalue weighted by Crippen LogP contribution is 2.30. The number of hydrogen-bond acceptors (Lipinski definition) is 3. The fourth-order valence-corrected chi connectivity index (χ4v) is 1.75. The molecule has 0 fully saturated rings. The van der Waals surface area contributed by atoms with Crippen molar-refractivity contribution in [1.82, 2.24) is 5.32 Å². The molecular weight excluding hydrogens is 202 g/mol. The average Bonchev–Trinajstić information content (AvgIpc) is 2.28. The van der Waals surface area contributed by atoms with Crippen molar-refractivity contribution in [3.8, 4) is 11.5 Å². The molecule has 0 aliphatic carbocycles. The molecule has 88 valence electrons. The Labute approximate surface area is 96.8 Å². The smallest absolute Gasteiger partial charge is 0.161 e. The summed E-state index contributed by atoms with van der Waals surface area (Å²) in [6.07, 6.45) is 1.02. The van der Waals surface area contributed by atoms with Crippen LogP contribution in [0.5, 0.6) is 11.5 Å². The summed E-state index contributed by atoms with van der Waals surface area (Å²) in [5, 5.41) is 3.40. The van der Waals surface area contributed by atoms with Gasteiger partial charge in [0.15, 0.2) is 11.5 Å². The molecule has 1 aliphatic rings. The van der Waals surface area contributed by atoms with Crippen molar-refractivity contribution in [1.29, 1.82) is 0 Å². The van der Waals surface area contributed by atoms with Crippen LogP contribution in [0.2, 0.25) is 0 Å². The molecule has 0 unspecified atom stereocenters. The summed E-state index contributed by atoms with van der Waals surface area (Å²) in [6.45, 7) is 6.62. The van der Waals surface area contributed by atoms with Crippen molar-refractivity contribution >= 4 is 0 Å². The van der Waals surface area contributed by atoms with Gasteiger partial charge in [-0.3, -0.25) is 0 Å². The highest BCUT2D eigenvalue weighted by atomic mass is 16.6. The van der Waals surface area contributed by atoms with E-state index in [1.807, 2.05) is 6.07 Å². The molecule has 2 rings (SSSR count). The highest BCUT2D eigenvalue weighted by molar-refractivity contribution is 5.43. The van der Waals surface area contributed by atoms with Crippen LogP contribution in [0.4, 0.5) is 0 Å². The lowest BCUT2D eigenvalue weighted by Gasteiger charge is -2.19. The Bertz CT molecular complexity index is 350. The van der Waals surface area contributed by atoms with Crippen molar-refractivity contribution in [2.45, 2.75) is 26.3 Å². The van der Waals surface area contributed by atoms with E-state index in [0.717, 1.165) is 24.5 Å². The Morgan fingerprint density at radius 1 is 1.19 bits per heavy atom. The van der Waals surface area contributed by atoms with Crippen LogP contribution in [0.25, 0.3) is 0 Å². The minimum absolute atomic E-state index is 0.539. The molecule has 0 radical (unpaired) electrons. The maximum Gasteiger partial charge on any atom is 0.161 e. The second-order valence-electron chi connectivity index (χ2n) is 4.34. The Kier molecular flexibility index (Phi) is 3.67. The molecule has 0 saturated carbocycles. The molecular formula is C13H19NO2.